The van der Waals surface area contributed by atoms with Crippen LogP contribution in [0.2, 0.25) is 0 Å². The minimum Gasteiger partial charge on any atom is -0.496 e. The number of hydrazine groups is 1. The van der Waals surface area contributed by atoms with Crippen LogP contribution in [-0.2, 0) is 0 Å². The van der Waals surface area contributed by atoms with Crippen LogP contribution in [0.4, 0.5) is 0 Å². The zero-order valence-electron chi connectivity index (χ0n) is 12.9. The highest BCUT2D eigenvalue weighted by molar-refractivity contribution is 9.10. The SMILES string of the molecule is COc1cc(C(=O)NNC(=O)c2ccc(Br)c(OC)c2)ccc1Br. The van der Waals surface area contributed by atoms with Gasteiger partial charge in [0.1, 0.15) is 11.5 Å². The summed E-state index contributed by atoms with van der Waals surface area (Å²) in [5, 5.41) is 0. The molecule has 0 fully saturated rings. The van der Waals surface area contributed by atoms with Crippen molar-refractivity contribution in [3.05, 3.63) is 56.5 Å². The number of hydrogen-bond acceptors (Lipinski definition) is 4. The second-order valence-corrected chi connectivity index (χ2v) is 6.32. The molecule has 0 bridgehead atoms. The van der Waals surface area contributed by atoms with Crippen LogP contribution in [0.15, 0.2) is 45.3 Å². The van der Waals surface area contributed by atoms with Crippen LogP contribution in [0.3, 0.4) is 0 Å². The molecule has 2 rings (SSSR count). The average molecular weight is 458 g/mol. The van der Waals surface area contributed by atoms with E-state index in [0.29, 0.717) is 22.6 Å². The zero-order valence-corrected chi connectivity index (χ0v) is 16.0. The molecular formula is C16H14Br2N2O4. The fourth-order valence-electron chi connectivity index (χ4n) is 1.86. The second kappa shape index (κ2) is 8.16. The largest absolute Gasteiger partial charge is 0.496 e. The topological polar surface area (TPSA) is 76.7 Å². The molecule has 6 nitrogen and oxygen atoms in total. The van der Waals surface area contributed by atoms with Crippen molar-refractivity contribution in [2.45, 2.75) is 0 Å². The molecule has 2 aromatic rings. The van der Waals surface area contributed by atoms with Crippen LogP contribution in [0, 0.1) is 0 Å². The van der Waals surface area contributed by atoms with Crippen molar-refractivity contribution in [2.24, 2.45) is 0 Å². The number of methoxy groups -OCH3 is 2. The second-order valence-electron chi connectivity index (χ2n) is 4.61. The molecule has 0 aromatic heterocycles. The molecule has 0 aliphatic rings. The van der Waals surface area contributed by atoms with Gasteiger partial charge in [-0.3, -0.25) is 20.4 Å². The van der Waals surface area contributed by atoms with Gasteiger partial charge in [0.2, 0.25) is 0 Å². The summed E-state index contributed by atoms with van der Waals surface area (Å²) in [7, 11) is 3.01. The van der Waals surface area contributed by atoms with Crippen molar-refractivity contribution >= 4 is 43.7 Å². The van der Waals surface area contributed by atoms with Gasteiger partial charge in [0.25, 0.3) is 11.8 Å². The first-order chi connectivity index (χ1) is 11.5. The number of nitrogens with one attached hydrogen (secondary N) is 2. The first-order valence-corrected chi connectivity index (χ1v) is 8.32. The van der Waals surface area contributed by atoms with Gasteiger partial charge in [-0.15, -0.1) is 0 Å². The van der Waals surface area contributed by atoms with Crippen LogP contribution in [0.25, 0.3) is 0 Å². The molecule has 24 heavy (non-hydrogen) atoms. The third-order valence-electron chi connectivity index (χ3n) is 3.12. The lowest BCUT2D eigenvalue weighted by Crippen LogP contribution is -2.41. The predicted octanol–water partition coefficient (Wildman–Crippen LogP) is 3.30. The van der Waals surface area contributed by atoms with Crippen LogP contribution >= 0.6 is 31.9 Å². The normalized spacial score (nSPS) is 10.0. The van der Waals surface area contributed by atoms with Gasteiger partial charge in [-0.1, -0.05) is 0 Å². The van der Waals surface area contributed by atoms with Crippen molar-refractivity contribution in [2.75, 3.05) is 14.2 Å². The van der Waals surface area contributed by atoms with E-state index in [1.807, 2.05) is 0 Å². The minimum absolute atomic E-state index is 0.351. The van der Waals surface area contributed by atoms with Gasteiger partial charge in [0, 0.05) is 11.1 Å². The van der Waals surface area contributed by atoms with Gasteiger partial charge in [0.15, 0.2) is 0 Å². The van der Waals surface area contributed by atoms with Crippen LogP contribution in [0.5, 0.6) is 11.5 Å². The molecule has 0 aliphatic carbocycles. The van der Waals surface area contributed by atoms with E-state index in [4.69, 9.17) is 9.47 Å². The first-order valence-electron chi connectivity index (χ1n) is 6.74. The summed E-state index contributed by atoms with van der Waals surface area (Å²) in [5.74, 6) is 0.120. The maximum Gasteiger partial charge on any atom is 0.269 e. The molecular weight excluding hydrogens is 444 g/mol. The van der Waals surface area contributed by atoms with Gasteiger partial charge >= 0.3 is 0 Å². The summed E-state index contributed by atoms with van der Waals surface area (Å²) in [6.07, 6.45) is 0. The van der Waals surface area contributed by atoms with E-state index in [1.54, 1.807) is 36.4 Å². The smallest absolute Gasteiger partial charge is 0.269 e. The molecule has 8 heteroatoms. The van der Waals surface area contributed by atoms with E-state index < -0.39 is 11.8 Å². The summed E-state index contributed by atoms with van der Waals surface area (Å²) >= 11 is 6.62. The van der Waals surface area contributed by atoms with Crippen molar-refractivity contribution in [1.29, 1.82) is 0 Å². The number of rotatable bonds is 4. The molecule has 0 spiro atoms. The Morgan fingerprint density at radius 1 is 0.792 bits per heavy atom. The zero-order chi connectivity index (χ0) is 17.7. The third-order valence-corrected chi connectivity index (χ3v) is 4.43. The van der Waals surface area contributed by atoms with Crippen molar-refractivity contribution in [1.82, 2.24) is 10.9 Å². The van der Waals surface area contributed by atoms with E-state index >= 15 is 0 Å². The van der Waals surface area contributed by atoms with Gasteiger partial charge < -0.3 is 9.47 Å². The number of amides is 2. The summed E-state index contributed by atoms with van der Waals surface area (Å²) < 4.78 is 11.7. The molecule has 0 atom stereocenters. The monoisotopic (exact) mass is 456 g/mol. The van der Waals surface area contributed by atoms with Crippen LogP contribution in [0.1, 0.15) is 20.7 Å². The number of carbonyl (C=O) groups is 2. The highest BCUT2D eigenvalue weighted by atomic mass is 79.9. The molecule has 126 valence electrons. The Balaban J connectivity index is 2.04. The lowest BCUT2D eigenvalue weighted by Gasteiger charge is -2.10. The third kappa shape index (κ3) is 4.27. The summed E-state index contributed by atoms with van der Waals surface area (Å²) in [5.41, 5.74) is 5.42. The predicted molar refractivity (Wildman–Crippen MR) is 96.3 cm³/mol. The Bertz CT molecular complexity index is 715. The highest BCUT2D eigenvalue weighted by Gasteiger charge is 2.12. The summed E-state index contributed by atoms with van der Waals surface area (Å²) in [4.78, 5) is 24.2. The van der Waals surface area contributed by atoms with Gasteiger partial charge in [-0.2, -0.15) is 0 Å². The maximum absolute atomic E-state index is 12.1. The van der Waals surface area contributed by atoms with E-state index in [1.165, 1.54) is 14.2 Å². The molecule has 0 heterocycles. The van der Waals surface area contributed by atoms with Crippen molar-refractivity contribution in [3.8, 4) is 11.5 Å². The fourth-order valence-corrected chi connectivity index (χ4v) is 2.68. The van der Waals surface area contributed by atoms with E-state index in [0.717, 1.165) is 8.95 Å². The molecule has 0 saturated carbocycles. The van der Waals surface area contributed by atoms with Crippen LogP contribution in [-0.4, -0.2) is 26.0 Å². The standard InChI is InChI=1S/C16H14Br2N2O4/c1-23-13-7-9(3-5-11(13)17)15(21)19-20-16(22)10-4-6-12(18)14(8-10)24-2/h3-8H,1-2H3,(H,19,21)(H,20,22). The Hall–Kier alpha value is -2.06. The number of benzene rings is 2. The number of ether oxygens (including phenoxy) is 2. The van der Waals surface area contributed by atoms with Crippen molar-refractivity contribution < 1.29 is 19.1 Å². The lowest BCUT2D eigenvalue weighted by atomic mass is 10.2. The average Bonchev–Trinajstić information content (AvgIpc) is 2.60. The van der Waals surface area contributed by atoms with E-state index in [9.17, 15) is 9.59 Å². The van der Waals surface area contributed by atoms with E-state index in [2.05, 4.69) is 42.7 Å². The number of carbonyl (C=O) groups excluding carboxylic acids is 2. The molecule has 0 saturated heterocycles. The summed E-state index contributed by atoms with van der Waals surface area (Å²) in [6.45, 7) is 0. The lowest BCUT2D eigenvalue weighted by molar-refractivity contribution is 0.0846. The van der Waals surface area contributed by atoms with Crippen LogP contribution < -0.4 is 20.3 Å². The van der Waals surface area contributed by atoms with E-state index in [-0.39, 0.29) is 0 Å². The molecule has 2 N–H and O–H groups in total. The Morgan fingerprint density at radius 3 is 1.50 bits per heavy atom. The van der Waals surface area contributed by atoms with Crippen molar-refractivity contribution in [3.63, 3.8) is 0 Å². The summed E-state index contributed by atoms with van der Waals surface area (Å²) in [6, 6.07) is 9.72. The van der Waals surface area contributed by atoms with Gasteiger partial charge in [-0.25, -0.2) is 0 Å². The molecule has 0 unspecified atom stereocenters. The molecule has 0 aliphatic heterocycles. The quantitative estimate of drug-likeness (QED) is 0.690. The molecule has 2 amide bonds. The maximum atomic E-state index is 12.1. The molecule has 2 aromatic carbocycles. The van der Waals surface area contributed by atoms with Gasteiger partial charge in [0.05, 0.1) is 23.2 Å². The van der Waals surface area contributed by atoms with Gasteiger partial charge in [-0.05, 0) is 68.3 Å². The highest BCUT2D eigenvalue weighted by Crippen LogP contribution is 2.26. The fraction of sp³-hybridized carbons (Fsp3) is 0.125. The minimum atomic E-state index is -0.460. The number of halogens is 2. The molecule has 0 radical (unpaired) electrons. The number of hydrogen-bond donors (Lipinski definition) is 2. The Labute approximate surface area is 155 Å². The Morgan fingerprint density at radius 2 is 1.17 bits per heavy atom. The Kier molecular flexibility index (Phi) is 6.22. The first kappa shape index (κ1) is 18.3.